The standard InChI is InChI=1S/C41H51N9O6/c1-23(2)34(47-40(53)55-5)38(51)49-17-7-9-32(49)36-43-21-30(45-36)26-13-11-25(12-14-26)27-15-16-29(28(19-27)20-42)31-22-44-37(46-31)33-10-8-18-50(33)39(52)35(24(3)4)48-41(54)56-6/h11-16,19,22-24,30,32-35H,7-10,17-18,21H2,1-6H3,(H,43,45)(H,44,46)(H,47,53)(H,48,54)/t30?,32-,33-,34-,35-/m0/s1. The van der Waals surface area contributed by atoms with Gasteiger partial charge in [0.15, 0.2) is 0 Å². The Morgan fingerprint density at radius 1 is 0.839 bits per heavy atom. The van der Waals surface area contributed by atoms with E-state index in [4.69, 9.17) is 14.5 Å². The van der Waals surface area contributed by atoms with Crippen molar-refractivity contribution in [2.24, 2.45) is 16.8 Å². The van der Waals surface area contributed by atoms with Crippen molar-refractivity contribution >= 4 is 29.8 Å². The van der Waals surface area contributed by atoms with E-state index in [9.17, 15) is 24.4 Å². The average molecular weight is 766 g/mol. The van der Waals surface area contributed by atoms with Crippen LogP contribution < -0.4 is 16.0 Å². The van der Waals surface area contributed by atoms with E-state index in [-0.39, 0.29) is 41.8 Å². The summed E-state index contributed by atoms with van der Waals surface area (Å²) in [5.41, 5.74) is 4.76. The highest BCUT2D eigenvalue weighted by Crippen LogP contribution is 2.35. The summed E-state index contributed by atoms with van der Waals surface area (Å²) in [7, 11) is 2.56. The molecule has 0 radical (unpaired) electrons. The van der Waals surface area contributed by atoms with Crippen molar-refractivity contribution in [1.82, 2.24) is 35.7 Å². The summed E-state index contributed by atoms with van der Waals surface area (Å²) in [6.45, 7) is 9.22. The summed E-state index contributed by atoms with van der Waals surface area (Å²) in [5.74, 6) is 0.836. The molecule has 2 fully saturated rings. The minimum Gasteiger partial charge on any atom is -0.453 e. The van der Waals surface area contributed by atoms with E-state index in [1.165, 1.54) is 14.2 Å². The van der Waals surface area contributed by atoms with Crippen molar-refractivity contribution in [2.45, 2.75) is 83.6 Å². The highest BCUT2D eigenvalue weighted by molar-refractivity contribution is 5.95. The number of rotatable bonds is 11. The highest BCUT2D eigenvalue weighted by atomic mass is 16.5. The number of alkyl carbamates (subject to hydrolysis) is 2. The first-order valence-corrected chi connectivity index (χ1v) is 19.2. The molecule has 2 saturated heterocycles. The van der Waals surface area contributed by atoms with Gasteiger partial charge in [-0.3, -0.25) is 14.6 Å². The first-order chi connectivity index (χ1) is 26.9. The van der Waals surface area contributed by atoms with Crippen LogP contribution in [0.5, 0.6) is 0 Å². The third kappa shape index (κ3) is 8.34. The Bertz CT molecular complexity index is 2000. The van der Waals surface area contributed by atoms with Gasteiger partial charge in [0.05, 0.1) is 62.4 Å². The first-order valence-electron chi connectivity index (χ1n) is 19.2. The van der Waals surface area contributed by atoms with E-state index in [1.807, 2.05) is 62.9 Å². The van der Waals surface area contributed by atoms with Gasteiger partial charge < -0.3 is 40.2 Å². The summed E-state index contributed by atoms with van der Waals surface area (Å²) in [6.07, 6.45) is 3.57. The van der Waals surface area contributed by atoms with E-state index in [0.717, 1.165) is 48.2 Å². The number of nitrogens with zero attached hydrogens (tertiary/aromatic N) is 5. The highest BCUT2D eigenvalue weighted by Gasteiger charge is 2.40. The van der Waals surface area contributed by atoms with E-state index >= 15 is 0 Å². The van der Waals surface area contributed by atoms with Crippen molar-refractivity contribution in [3.63, 3.8) is 0 Å². The summed E-state index contributed by atoms with van der Waals surface area (Å²) in [5, 5.41) is 19.1. The number of likely N-dealkylation sites (tertiary alicyclic amines) is 2. The third-order valence-electron chi connectivity index (χ3n) is 10.9. The SMILES string of the molecule is COC(=O)N[C@H](C(=O)N1CCC[C@H]1C1=NCC(c2ccc(-c3ccc(-c4cnc([C@@H]5CCCN5C(=O)[C@@H](NC(=O)OC)C(C)C)[nH]4)c(C#N)c3)cc2)N1)C(C)C. The molecule has 56 heavy (non-hydrogen) atoms. The molecule has 3 aliphatic rings. The lowest BCUT2D eigenvalue weighted by molar-refractivity contribution is -0.135. The number of hydrogen-bond acceptors (Lipinski definition) is 10. The second-order valence-electron chi connectivity index (χ2n) is 15.2. The molecule has 0 saturated carbocycles. The number of amides is 4. The van der Waals surface area contributed by atoms with Gasteiger partial charge in [-0.15, -0.1) is 0 Å². The zero-order valence-corrected chi connectivity index (χ0v) is 32.8. The van der Waals surface area contributed by atoms with Gasteiger partial charge in [0.25, 0.3) is 0 Å². The fourth-order valence-corrected chi connectivity index (χ4v) is 7.84. The summed E-state index contributed by atoms with van der Waals surface area (Å²) < 4.78 is 9.50. The van der Waals surface area contributed by atoms with Crippen LogP contribution in [0.1, 0.15) is 82.4 Å². The molecule has 5 atom stereocenters. The normalized spacial score (nSPS) is 20.3. The number of aromatic amines is 1. The van der Waals surface area contributed by atoms with E-state index in [2.05, 4.69) is 44.1 Å². The predicted molar refractivity (Wildman–Crippen MR) is 209 cm³/mol. The molecule has 0 aliphatic carbocycles. The van der Waals surface area contributed by atoms with Crippen molar-refractivity contribution in [1.29, 1.82) is 5.26 Å². The van der Waals surface area contributed by atoms with Gasteiger partial charge in [-0.1, -0.05) is 64.1 Å². The average Bonchev–Trinajstić information content (AvgIpc) is 4.04. The molecule has 4 N–H and O–H groups in total. The number of benzene rings is 2. The minimum atomic E-state index is -0.730. The van der Waals surface area contributed by atoms with Gasteiger partial charge in [0.1, 0.15) is 23.7 Å². The number of carbonyl (C=O) groups excluding carboxylic acids is 4. The third-order valence-corrected chi connectivity index (χ3v) is 10.9. The quantitative estimate of drug-likeness (QED) is 0.206. The first kappa shape index (κ1) is 39.8. The second kappa shape index (κ2) is 17.3. The minimum absolute atomic E-state index is 0.0521. The fraction of sp³-hybridized carbons (Fsp3) is 0.488. The molecule has 1 aromatic heterocycles. The number of imidazole rings is 1. The fourth-order valence-electron chi connectivity index (χ4n) is 7.84. The molecule has 6 rings (SSSR count). The molecule has 2 aromatic carbocycles. The smallest absolute Gasteiger partial charge is 0.407 e. The lowest BCUT2D eigenvalue weighted by Gasteiger charge is -2.31. The van der Waals surface area contributed by atoms with Crippen LogP contribution >= 0.6 is 0 Å². The van der Waals surface area contributed by atoms with Gasteiger partial charge in [0, 0.05) is 18.7 Å². The van der Waals surface area contributed by atoms with Crippen molar-refractivity contribution in [3.05, 3.63) is 65.6 Å². The predicted octanol–water partition coefficient (Wildman–Crippen LogP) is 5.07. The molecule has 3 aliphatic heterocycles. The lowest BCUT2D eigenvalue weighted by Crippen LogP contribution is -2.54. The van der Waals surface area contributed by atoms with Crippen LogP contribution in [0.3, 0.4) is 0 Å². The van der Waals surface area contributed by atoms with Crippen LogP contribution in [0.15, 0.2) is 53.7 Å². The molecule has 296 valence electrons. The van der Waals surface area contributed by atoms with Gasteiger partial charge in [0.2, 0.25) is 11.8 Å². The number of H-pyrrole nitrogens is 1. The number of amidine groups is 1. The number of aromatic nitrogens is 2. The maximum absolute atomic E-state index is 13.6. The van der Waals surface area contributed by atoms with Crippen LogP contribution in [0.4, 0.5) is 9.59 Å². The van der Waals surface area contributed by atoms with E-state index < -0.39 is 24.3 Å². The topological polar surface area (TPSA) is 194 Å². The Morgan fingerprint density at radius 3 is 1.98 bits per heavy atom. The number of hydrogen-bond donors (Lipinski definition) is 4. The molecular weight excluding hydrogens is 715 g/mol. The number of carbonyl (C=O) groups is 4. The molecule has 1 unspecified atom stereocenters. The maximum Gasteiger partial charge on any atom is 0.407 e. The van der Waals surface area contributed by atoms with Gasteiger partial charge in [-0.25, -0.2) is 14.6 Å². The van der Waals surface area contributed by atoms with E-state index in [1.54, 1.807) is 11.1 Å². The van der Waals surface area contributed by atoms with E-state index in [0.29, 0.717) is 42.3 Å². The Labute approximate surface area is 327 Å². The summed E-state index contributed by atoms with van der Waals surface area (Å²) >= 11 is 0. The van der Waals surface area contributed by atoms with Gasteiger partial charge >= 0.3 is 12.2 Å². The van der Waals surface area contributed by atoms with Crippen LogP contribution in [0, 0.1) is 23.2 Å². The van der Waals surface area contributed by atoms with Crippen LogP contribution in [-0.2, 0) is 19.1 Å². The largest absolute Gasteiger partial charge is 0.453 e. The van der Waals surface area contributed by atoms with Crippen molar-refractivity contribution in [2.75, 3.05) is 33.9 Å². The summed E-state index contributed by atoms with van der Waals surface area (Å²) in [6, 6.07) is 14.3. The zero-order valence-electron chi connectivity index (χ0n) is 32.8. The Balaban J connectivity index is 1.11. The number of nitrogens with one attached hydrogen (secondary N) is 4. The maximum atomic E-state index is 13.6. The van der Waals surface area contributed by atoms with Crippen molar-refractivity contribution in [3.8, 4) is 28.5 Å². The van der Waals surface area contributed by atoms with Crippen LogP contribution in [0.25, 0.3) is 22.4 Å². The number of methoxy groups -OCH3 is 2. The second-order valence-corrected chi connectivity index (χ2v) is 15.2. The number of nitriles is 1. The molecule has 3 aromatic rings. The molecule has 0 bridgehead atoms. The van der Waals surface area contributed by atoms with Crippen molar-refractivity contribution < 1.29 is 28.7 Å². The Kier molecular flexibility index (Phi) is 12.3. The monoisotopic (exact) mass is 765 g/mol. The molecule has 0 spiro atoms. The molecule has 15 heteroatoms. The molecular formula is C41H51N9O6. The van der Waals surface area contributed by atoms with Crippen LogP contribution in [-0.4, -0.2) is 102 Å². The lowest BCUT2D eigenvalue weighted by atomic mass is 9.96. The molecule has 15 nitrogen and oxygen atoms in total. The molecule has 4 amide bonds. The Hall–Kier alpha value is -5.91. The number of ether oxygens (including phenoxy) is 2. The molecule has 4 heterocycles. The number of aliphatic imine (C=N–C) groups is 1. The van der Waals surface area contributed by atoms with Gasteiger partial charge in [-0.2, -0.15) is 5.26 Å². The van der Waals surface area contributed by atoms with Crippen LogP contribution in [0.2, 0.25) is 0 Å². The summed E-state index contributed by atoms with van der Waals surface area (Å²) in [4.78, 5) is 67.5. The Morgan fingerprint density at radius 2 is 1.41 bits per heavy atom. The zero-order chi connectivity index (χ0) is 40.1. The van der Waals surface area contributed by atoms with Gasteiger partial charge in [-0.05, 0) is 60.3 Å².